The molecule has 3 N–H and O–H groups in total. The van der Waals surface area contributed by atoms with Gasteiger partial charge in [-0.3, -0.25) is 4.98 Å². The molecule has 0 spiro atoms. The van der Waals surface area contributed by atoms with E-state index >= 15 is 0 Å². The van der Waals surface area contributed by atoms with Crippen molar-refractivity contribution in [3.05, 3.63) is 17.4 Å². The number of pyridine rings is 1. The van der Waals surface area contributed by atoms with E-state index in [9.17, 15) is 0 Å². The molecule has 2 heterocycles. The van der Waals surface area contributed by atoms with Gasteiger partial charge in [0.25, 0.3) is 0 Å². The molecule has 0 aliphatic carbocycles. The Balaban J connectivity index is 1.81. The fraction of sp³-hybridized carbons (Fsp3) is 0.583. The average Bonchev–Trinajstić information content (AvgIpc) is 2.34. The predicted molar refractivity (Wildman–Crippen MR) is 70.4 cm³/mol. The van der Waals surface area contributed by atoms with Gasteiger partial charge in [-0.15, -0.1) is 0 Å². The molecule has 5 heteroatoms. The Morgan fingerprint density at radius 3 is 3.06 bits per heavy atom. The van der Waals surface area contributed by atoms with E-state index in [0.717, 1.165) is 31.7 Å². The number of ether oxygens (including phenoxy) is 1. The van der Waals surface area contributed by atoms with Crippen LogP contribution >= 0.6 is 11.6 Å². The van der Waals surface area contributed by atoms with Gasteiger partial charge in [-0.25, -0.2) is 0 Å². The third kappa shape index (κ3) is 3.48. The highest BCUT2D eigenvalue weighted by atomic mass is 35.5. The van der Waals surface area contributed by atoms with Crippen molar-refractivity contribution in [2.24, 2.45) is 0 Å². The molecule has 0 saturated carbocycles. The zero-order valence-corrected chi connectivity index (χ0v) is 10.5. The number of hydrogen-bond donors (Lipinski definition) is 2. The number of nitrogen functional groups attached to an aromatic ring is 1. The van der Waals surface area contributed by atoms with Crippen LogP contribution in [0.4, 0.5) is 11.4 Å². The number of nitrogens with one attached hydrogen (secondary N) is 1. The lowest BCUT2D eigenvalue weighted by Gasteiger charge is -2.23. The molecule has 1 aliphatic rings. The van der Waals surface area contributed by atoms with E-state index < -0.39 is 0 Å². The van der Waals surface area contributed by atoms with E-state index in [0.29, 0.717) is 16.8 Å². The molecule has 2 rings (SSSR count). The van der Waals surface area contributed by atoms with Crippen LogP contribution < -0.4 is 11.1 Å². The number of rotatable bonds is 4. The summed E-state index contributed by atoms with van der Waals surface area (Å²) in [4.78, 5) is 3.92. The average molecular weight is 256 g/mol. The third-order valence-electron chi connectivity index (χ3n) is 2.97. The monoisotopic (exact) mass is 255 g/mol. The van der Waals surface area contributed by atoms with Crippen LogP contribution in [0.1, 0.15) is 25.7 Å². The highest BCUT2D eigenvalue weighted by molar-refractivity contribution is 6.33. The van der Waals surface area contributed by atoms with Crippen LogP contribution in [-0.4, -0.2) is 24.2 Å². The first-order valence-electron chi connectivity index (χ1n) is 6.02. The maximum Gasteiger partial charge on any atom is 0.0841 e. The molecule has 1 fully saturated rings. The molecule has 94 valence electrons. The Labute approximate surface area is 107 Å². The SMILES string of the molecule is Nc1cncc(Cl)c1NCCC1CCCCO1. The maximum atomic E-state index is 6.01. The Bertz CT molecular complexity index is 347. The number of hydrogen-bond acceptors (Lipinski definition) is 4. The second-order valence-electron chi connectivity index (χ2n) is 4.29. The molecule has 0 radical (unpaired) electrons. The van der Waals surface area contributed by atoms with Gasteiger partial charge >= 0.3 is 0 Å². The molecule has 1 saturated heterocycles. The zero-order chi connectivity index (χ0) is 12.1. The first-order chi connectivity index (χ1) is 8.27. The van der Waals surface area contributed by atoms with Crippen molar-refractivity contribution in [1.29, 1.82) is 0 Å². The number of nitrogens with two attached hydrogens (primary N) is 1. The van der Waals surface area contributed by atoms with Crippen LogP contribution in [-0.2, 0) is 4.74 Å². The van der Waals surface area contributed by atoms with Crippen molar-refractivity contribution in [3.8, 4) is 0 Å². The highest BCUT2D eigenvalue weighted by Crippen LogP contribution is 2.26. The van der Waals surface area contributed by atoms with E-state index in [2.05, 4.69) is 10.3 Å². The molecular formula is C12H18ClN3O. The summed E-state index contributed by atoms with van der Waals surface area (Å²) in [5.41, 5.74) is 7.16. The Hall–Kier alpha value is -1.00. The number of halogens is 1. The summed E-state index contributed by atoms with van der Waals surface area (Å²) in [6.07, 6.45) is 8.16. The summed E-state index contributed by atoms with van der Waals surface area (Å²) >= 11 is 6.01. The van der Waals surface area contributed by atoms with Crippen molar-refractivity contribution < 1.29 is 4.74 Å². The Morgan fingerprint density at radius 2 is 2.35 bits per heavy atom. The lowest BCUT2D eigenvalue weighted by atomic mass is 10.1. The van der Waals surface area contributed by atoms with Gasteiger partial charge in [-0.05, 0) is 25.7 Å². The van der Waals surface area contributed by atoms with Crippen LogP contribution in [0.25, 0.3) is 0 Å². The maximum absolute atomic E-state index is 6.01. The van der Waals surface area contributed by atoms with Crippen molar-refractivity contribution in [2.45, 2.75) is 31.8 Å². The van der Waals surface area contributed by atoms with Crippen LogP contribution in [0.2, 0.25) is 5.02 Å². The lowest BCUT2D eigenvalue weighted by Crippen LogP contribution is -2.22. The smallest absolute Gasteiger partial charge is 0.0841 e. The third-order valence-corrected chi connectivity index (χ3v) is 3.26. The standard InChI is InChI=1S/C12H18ClN3O/c13-10-7-15-8-11(14)12(10)16-5-4-9-3-1-2-6-17-9/h7-9H,1-6,14H2,(H,15,16). The van der Waals surface area contributed by atoms with Crippen molar-refractivity contribution in [3.63, 3.8) is 0 Å². The number of aromatic nitrogens is 1. The molecule has 1 unspecified atom stereocenters. The molecule has 0 aromatic carbocycles. The van der Waals surface area contributed by atoms with Gasteiger partial charge in [0.05, 0.1) is 28.7 Å². The second-order valence-corrected chi connectivity index (χ2v) is 4.70. The van der Waals surface area contributed by atoms with Crippen LogP contribution in [0.5, 0.6) is 0 Å². The molecule has 1 aliphatic heterocycles. The van der Waals surface area contributed by atoms with Crippen LogP contribution in [0.3, 0.4) is 0 Å². The predicted octanol–water partition coefficient (Wildman–Crippen LogP) is 2.69. The van der Waals surface area contributed by atoms with E-state index in [1.807, 2.05) is 0 Å². The van der Waals surface area contributed by atoms with Crippen molar-refractivity contribution >= 4 is 23.0 Å². The first kappa shape index (κ1) is 12.5. The Kier molecular flexibility index (Phi) is 4.45. The summed E-state index contributed by atoms with van der Waals surface area (Å²) in [5.74, 6) is 0. The van der Waals surface area contributed by atoms with Gasteiger partial charge in [0.1, 0.15) is 0 Å². The summed E-state index contributed by atoms with van der Waals surface area (Å²) in [7, 11) is 0. The summed E-state index contributed by atoms with van der Waals surface area (Å²) in [6, 6.07) is 0. The topological polar surface area (TPSA) is 60.2 Å². The summed E-state index contributed by atoms with van der Waals surface area (Å²) in [6.45, 7) is 1.71. The minimum absolute atomic E-state index is 0.373. The van der Waals surface area contributed by atoms with Crippen LogP contribution in [0, 0.1) is 0 Å². The van der Waals surface area contributed by atoms with E-state index in [4.69, 9.17) is 22.1 Å². The second kappa shape index (κ2) is 6.07. The summed E-state index contributed by atoms with van der Waals surface area (Å²) in [5, 5.41) is 3.82. The fourth-order valence-corrected chi connectivity index (χ4v) is 2.26. The highest BCUT2D eigenvalue weighted by Gasteiger charge is 2.13. The molecule has 1 atom stereocenters. The van der Waals surface area contributed by atoms with E-state index in [1.165, 1.54) is 12.8 Å². The van der Waals surface area contributed by atoms with Gasteiger partial charge in [0.2, 0.25) is 0 Å². The fourth-order valence-electron chi connectivity index (χ4n) is 2.03. The molecule has 1 aromatic heterocycles. The van der Waals surface area contributed by atoms with Gasteiger partial charge < -0.3 is 15.8 Å². The number of nitrogens with zero attached hydrogens (tertiary/aromatic N) is 1. The van der Waals surface area contributed by atoms with Gasteiger partial charge in [-0.2, -0.15) is 0 Å². The van der Waals surface area contributed by atoms with Crippen LogP contribution in [0.15, 0.2) is 12.4 Å². The van der Waals surface area contributed by atoms with Gasteiger partial charge in [-0.1, -0.05) is 11.6 Å². The largest absolute Gasteiger partial charge is 0.396 e. The number of anilines is 2. The lowest BCUT2D eigenvalue weighted by molar-refractivity contribution is 0.0134. The molecular weight excluding hydrogens is 238 g/mol. The minimum atomic E-state index is 0.373. The molecule has 4 nitrogen and oxygen atoms in total. The van der Waals surface area contributed by atoms with Gasteiger partial charge in [0, 0.05) is 19.3 Å². The van der Waals surface area contributed by atoms with E-state index in [-0.39, 0.29) is 0 Å². The van der Waals surface area contributed by atoms with Crippen molar-refractivity contribution in [2.75, 3.05) is 24.2 Å². The zero-order valence-electron chi connectivity index (χ0n) is 9.79. The molecule has 17 heavy (non-hydrogen) atoms. The minimum Gasteiger partial charge on any atom is -0.396 e. The first-order valence-corrected chi connectivity index (χ1v) is 6.39. The molecule has 0 bridgehead atoms. The van der Waals surface area contributed by atoms with Crippen molar-refractivity contribution in [1.82, 2.24) is 4.98 Å². The van der Waals surface area contributed by atoms with Gasteiger partial charge in [0.15, 0.2) is 0 Å². The molecule has 0 amide bonds. The summed E-state index contributed by atoms with van der Waals surface area (Å²) < 4.78 is 5.66. The van der Waals surface area contributed by atoms with E-state index in [1.54, 1.807) is 12.4 Å². The normalized spacial score (nSPS) is 20.2. The Morgan fingerprint density at radius 1 is 1.47 bits per heavy atom. The quantitative estimate of drug-likeness (QED) is 0.869. The molecule has 1 aromatic rings.